The van der Waals surface area contributed by atoms with Gasteiger partial charge in [0.1, 0.15) is 5.82 Å². The maximum absolute atomic E-state index is 13.4. The predicted molar refractivity (Wildman–Crippen MR) is 73.7 cm³/mol. The van der Waals surface area contributed by atoms with Crippen molar-refractivity contribution in [3.8, 4) is 0 Å². The Morgan fingerprint density at radius 1 is 1.44 bits per heavy atom. The summed E-state index contributed by atoms with van der Waals surface area (Å²) in [5.41, 5.74) is 0.481. The monoisotopic (exact) mass is 316 g/mol. The van der Waals surface area contributed by atoms with Crippen molar-refractivity contribution >= 4 is 21.8 Å². The average molecular weight is 317 g/mol. The van der Waals surface area contributed by atoms with Crippen LogP contribution in [0.4, 0.5) is 4.39 Å². The maximum atomic E-state index is 13.4. The van der Waals surface area contributed by atoms with E-state index in [1.807, 2.05) is 13.8 Å². The van der Waals surface area contributed by atoms with Crippen LogP contribution in [0.2, 0.25) is 0 Å². The van der Waals surface area contributed by atoms with E-state index in [1.54, 1.807) is 12.1 Å². The number of hydrogen-bond acceptors (Lipinski definition) is 2. The van der Waals surface area contributed by atoms with Gasteiger partial charge in [-0.2, -0.15) is 0 Å². The first-order chi connectivity index (χ1) is 8.49. The van der Waals surface area contributed by atoms with Gasteiger partial charge in [0.2, 0.25) is 5.91 Å². The molecule has 0 heterocycles. The fourth-order valence-electron chi connectivity index (χ4n) is 1.44. The third-order valence-electron chi connectivity index (χ3n) is 2.39. The zero-order chi connectivity index (χ0) is 13.5. The van der Waals surface area contributed by atoms with Crippen LogP contribution in [0.5, 0.6) is 0 Å². The summed E-state index contributed by atoms with van der Waals surface area (Å²) in [6, 6.07) is 5.04. The molecular formula is C13H18BrFN2O. The van der Waals surface area contributed by atoms with Gasteiger partial charge in [-0.1, -0.05) is 29.8 Å². The average Bonchev–Trinajstić information content (AvgIpc) is 2.30. The lowest BCUT2D eigenvalue weighted by Crippen LogP contribution is -2.30. The number of nitrogens with one attached hydrogen (secondary N) is 2. The number of carbonyl (C=O) groups excluding carboxylic acids is 1. The lowest BCUT2D eigenvalue weighted by atomic mass is 10.2. The molecule has 1 rings (SSSR count). The Bertz CT molecular complexity index is 410. The van der Waals surface area contributed by atoms with Gasteiger partial charge in [-0.25, -0.2) is 4.39 Å². The number of benzene rings is 1. The van der Waals surface area contributed by atoms with Crippen molar-refractivity contribution in [2.75, 3.05) is 6.54 Å². The fourth-order valence-corrected chi connectivity index (χ4v) is 1.84. The van der Waals surface area contributed by atoms with Gasteiger partial charge in [0, 0.05) is 35.6 Å². The molecule has 0 aromatic heterocycles. The lowest BCUT2D eigenvalue weighted by Gasteiger charge is -2.09. The van der Waals surface area contributed by atoms with Crippen molar-refractivity contribution in [3.63, 3.8) is 0 Å². The Labute approximate surface area is 115 Å². The van der Waals surface area contributed by atoms with E-state index in [9.17, 15) is 9.18 Å². The van der Waals surface area contributed by atoms with E-state index < -0.39 is 0 Å². The fraction of sp³-hybridized carbons (Fsp3) is 0.462. The first kappa shape index (κ1) is 15.1. The number of carbonyl (C=O) groups is 1. The summed E-state index contributed by atoms with van der Waals surface area (Å²) in [7, 11) is 0. The van der Waals surface area contributed by atoms with Gasteiger partial charge in [0.25, 0.3) is 0 Å². The van der Waals surface area contributed by atoms with Crippen LogP contribution >= 0.6 is 15.9 Å². The van der Waals surface area contributed by atoms with Crippen LogP contribution in [0, 0.1) is 5.82 Å². The van der Waals surface area contributed by atoms with Crippen molar-refractivity contribution in [3.05, 3.63) is 34.1 Å². The van der Waals surface area contributed by atoms with E-state index in [4.69, 9.17) is 0 Å². The molecule has 5 heteroatoms. The van der Waals surface area contributed by atoms with E-state index in [0.29, 0.717) is 24.6 Å². The van der Waals surface area contributed by atoms with E-state index in [1.165, 1.54) is 6.07 Å². The summed E-state index contributed by atoms with van der Waals surface area (Å²) in [5.74, 6) is -0.388. The van der Waals surface area contributed by atoms with Gasteiger partial charge in [0.05, 0.1) is 0 Å². The first-order valence-corrected chi connectivity index (χ1v) is 6.72. The topological polar surface area (TPSA) is 41.1 Å². The molecule has 0 aliphatic heterocycles. The lowest BCUT2D eigenvalue weighted by molar-refractivity contribution is -0.121. The molecule has 18 heavy (non-hydrogen) atoms. The molecule has 0 fully saturated rings. The Morgan fingerprint density at radius 2 is 2.17 bits per heavy atom. The van der Waals surface area contributed by atoms with Gasteiger partial charge in [-0.3, -0.25) is 4.79 Å². The van der Waals surface area contributed by atoms with Gasteiger partial charge < -0.3 is 10.6 Å². The summed E-state index contributed by atoms with van der Waals surface area (Å²) in [5, 5.41) is 5.85. The molecule has 0 aliphatic carbocycles. The van der Waals surface area contributed by atoms with Crippen LogP contribution in [-0.4, -0.2) is 18.5 Å². The minimum absolute atomic E-state index is 0.0810. The molecule has 100 valence electrons. The summed E-state index contributed by atoms with van der Waals surface area (Å²) in [6.07, 6.45) is 0.397. The van der Waals surface area contributed by atoms with Gasteiger partial charge in [0.15, 0.2) is 0 Å². The second-order valence-electron chi connectivity index (χ2n) is 4.37. The largest absolute Gasteiger partial charge is 0.352 e. The molecule has 0 aliphatic rings. The highest BCUT2D eigenvalue weighted by Gasteiger charge is 2.05. The standard InChI is InChI=1S/C13H18BrFN2O/c1-9(2)16-6-5-13(18)17-8-10-7-11(14)3-4-12(10)15/h3-4,7,9,16H,5-6,8H2,1-2H3,(H,17,18). The number of rotatable bonds is 6. The molecule has 0 unspecified atom stereocenters. The van der Waals surface area contributed by atoms with Crippen LogP contribution in [0.25, 0.3) is 0 Å². The van der Waals surface area contributed by atoms with Gasteiger partial charge >= 0.3 is 0 Å². The highest BCUT2D eigenvalue weighted by molar-refractivity contribution is 9.10. The number of halogens is 2. The highest BCUT2D eigenvalue weighted by atomic mass is 79.9. The quantitative estimate of drug-likeness (QED) is 0.847. The molecule has 3 nitrogen and oxygen atoms in total. The normalized spacial score (nSPS) is 10.7. The highest BCUT2D eigenvalue weighted by Crippen LogP contribution is 2.15. The van der Waals surface area contributed by atoms with E-state index >= 15 is 0 Å². The molecule has 1 aromatic rings. The third kappa shape index (κ3) is 5.60. The smallest absolute Gasteiger partial charge is 0.221 e. The molecule has 0 radical (unpaired) electrons. The minimum atomic E-state index is -0.307. The Kier molecular flexibility index (Phi) is 6.29. The molecular weight excluding hydrogens is 299 g/mol. The molecule has 0 saturated carbocycles. The van der Waals surface area contributed by atoms with Crippen molar-refractivity contribution in [1.82, 2.24) is 10.6 Å². The Balaban J connectivity index is 2.36. The van der Waals surface area contributed by atoms with E-state index in [0.717, 1.165) is 4.47 Å². The summed E-state index contributed by atoms with van der Waals surface area (Å²) in [4.78, 5) is 11.5. The summed E-state index contributed by atoms with van der Waals surface area (Å²) in [6.45, 7) is 4.89. The maximum Gasteiger partial charge on any atom is 0.221 e. The van der Waals surface area contributed by atoms with Crippen LogP contribution in [0.15, 0.2) is 22.7 Å². The van der Waals surface area contributed by atoms with Crippen molar-refractivity contribution < 1.29 is 9.18 Å². The van der Waals surface area contributed by atoms with E-state index in [-0.39, 0.29) is 18.3 Å². The summed E-state index contributed by atoms with van der Waals surface area (Å²) >= 11 is 3.27. The molecule has 1 amide bonds. The zero-order valence-corrected chi connectivity index (χ0v) is 12.2. The second-order valence-corrected chi connectivity index (χ2v) is 5.29. The SMILES string of the molecule is CC(C)NCCC(=O)NCc1cc(Br)ccc1F. The van der Waals surface area contributed by atoms with Crippen LogP contribution < -0.4 is 10.6 Å². The first-order valence-electron chi connectivity index (χ1n) is 5.93. The number of amides is 1. The van der Waals surface area contributed by atoms with Crippen LogP contribution in [0.1, 0.15) is 25.8 Å². The molecule has 0 atom stereocenters. The molecule has 1 aromatic carbocycles. The predicted octanol–water partition coefficient (Wildman–Crippen LogP) is 2.59. The van der Waals surface area contributed by atoms with Crippen molar-refractivity contribution in [2.45, 2.75) is 32.9 Å². The van der Waals surface area contributed by atoms with Crippen molar-refractivity contribution in [2.24, 2.45) is 0 Å². The van der Waals surface area contributed by atoms with Crippen LogP contribution in [0.3, 0.4) is 0 Å². The van der Waals surface area contributed by atoms with Gasteiger partial charge in [-0.15, -0.1) is 0 Å². The molecule has 0 bridgehead atoms. The molecule has 0 spiro atoms. The Hall–Kier alpha value is -0.940. The third-order valence-corrected chi connectivity index (χ3v) is 2.88. The Morgan fingerprint density at radius 3 is 2.83 bits per heavy atom. The van der Waals surface area contributed by atoms with Crippen molar-refractivity contribution in [1.29, 1.82) is 0 Å². The molecule has 0 saturated heterocycles. The zero-order valence-electron chi connectivity index (χ0n) is 10.6. The van der Waals surface area contributed by atoms with Crippen LogP contribution in [-0.2, 0) is 11.3 Å². The summed E-state index contributed by atoms with van der Waals surface area (Å²) < 4.78 is 14.2. The molecule has 2 N–H and O–H groups in total. The second kappa shape index (κ2) is 7.48. The van der Waals surface area contributed by atoms with Gasteiger partial charge in [-0.05, 0) is 18.2 Å². The number of hydrogen-bond donors (Lipinski definition) is 2. The van der Waals surface area contributed by atoms with E-state index in [2.05, 4.69) is 26.6 Å². The minimum Gasteiger partial charge on any atom is -0.352 e.